The first-order valence-electron chi connectivity index (χ1n) is 6.40. The maximum Gasteiger partial charge on any atom is 0.264 e. The lowest BCUT2D eigenvalue weighted by Crippen LogP contribution is -2.50. The van der Waals surface area contributed by atoms with Crippen molar-refractivity contribution in [3.8, 4) is 0 Å². The van der Waals surface area contributed by atoms with E-state index in [1.54, 1.807) is 16.2 Å². The quantitative estimate of drug-likeness (QED) is 0.872. The number of ether oxygens (including phenoxy) is 1. The predicted octanol–water partition coefficient (Wildman–Crippen LogP) is 1.07. The number of thiophene rings is 1. The molecule has 1 N–H and O–H groups in total. The van der Waals surface area contributed by atoms with Gasteiger partial charge in [0.15, 0.2) is 0 Å². The highest BCUT2D eigenvalue weighted by molar-refractivity contribution is 7.14. The highest BCUT2D eigenvalue weighted by atomic mass is 32.1. The Labute approximate surface area is 110 Å². The average Bonchev–Trinajstić information content (AvgIpc) is 2.98. The maximum absolute atomic E-state index is 12.4. The smallest absolute Gasteiger partial charge is 0.264 e. The number of carbonyl (C=O) groups excluding carboxylic acids is 1. The summed E-state index contributed by atoms with van der Waals surface area (Å²) in [7, 11) is 0. The minimum Gasteiger partial charge on any atom is -0.394 e. The van der Waals surface area contributed by atoms with Crippen molar-refractivity contribution in [2.45, 2.75) is 25.3 Å². The number of amides is 1. The third-order valence-corrected chi connectivity index (χ3v) is 4.88. The molecule has 1 unspecified atom stereocenters. The summed E-state index contributed by atoms with van der Waals surface area (Å²) in [5.41, 5.74) is 1.34. The molecule has 18 heavy (non-hydrogen) atoms. The van der Waals surface area contributed by atoms with E-state index in [1.807, 2.05) is 6.07 Å². The number of carbonyl (C=O) groups is 1. The summed E-state index contributed by atoms with van der Waals surface area (Å²) < 4.78 is 5.30. The fourth-order valence-electron chi connectivity index (χ4n) is 2.65. The second kappa shape index (κ2) is 4.99. The summed E-state index contributed by atoms with van der Waals surface area (Å²) in [5.74, 6) is 0.0525. The summed E-state index contributed by atoms with van der Waals surface area (Å²) >= 11 is 1.62. The summed E-state index contributed by atoms with van der Waals surface area (Å²) in [5, 5.41) is 9.30. The molecule has 1 saturated heterocycles. The number of hydrogen-bond acceptors (Lipinski definition) is 4. The van der Waals surface area contributed by atoms with Gasteiger partial charge in [0.1, 0.15) is 0 Å². The fourth-order valence-corrected chi connectivity index (χ4v) is 3.86. The van der Waals surface area contributed by atoms with Gasteiger partial charge in [0.05, 0.1) is 30.7 Å². The van der Waals surface area contributed by atoms with Gasteiger partial charge in [0.2, 0.25) is 0 Å². The van der Waals surface area contributed by atoms with Crippen LogP contribution in [0.5, 0.6) is 0 Å². The first-order chi connectivity index (χ1) is 8.79. The first kappa shape index (κ1) is 12.1. The van der Waals surface area contributed by atoms with Crippen LogP contribution in [0, 0.1) is 0 Å². The van der Waals surface area contributed by atoms with Crippen molar-refractivity contribution in [1.29, 1.82) is 0 Å². The Morgan fingerprint density at radius 1 is 1.56 bits per heavy atom. The third kappa shape index (κ3) is 2.06. The fraction of sp³-hybridized carbons (Fsp3) is 0.615. The summed E-state index contributed by atoms with van der Waals surface area (Å²) in [6, 6.07) is 1.85. The van der Waals surface area contributed by atoms with Gasteiger partial charge in [0.25, 0.3) is 5.91 Å². The lowest BCUT2D eigenvalue weighted by atomic mass is 10.2. The van der Waals surface area contributed by atoms with Crippen molar-refractivity contribution in [2.24, 2.45) is 0 Å². The number of aliphatic hydroxyl groups is 1. The second-order valence-electron chi connectivity index (χ2n) is 4.82. The molecule has 2 aliphatic rings. The Morgan fingerprint density at radius 3 is 3.22 bits per heavy atom. The van der Waals surface area contributed by atoms with Gasteiger partial charge in [-0.1, -0.05) is 0 Å². The van der Waals surface area contributed by atoms with Crippen molar-refractivity contribution in [3.05, 3.63) is 21.4 Å². The van der Waals surface area contributed by atoms with E-state index in [2.05, 4.69) is 0 Å². The van der Waals surface area contributed by atoms with Gasteiger partial charge in [-0.05, 0) is 30.9 Å². The Morgan fingerprint density at radius 2 is 2.44 bits per heavy atom. The summed E-state index contributed by atoms with van der Waals surface area (Å²) in [6.07, 6.45) is 3.43. The average molecular weight is 267 g/mol. The Kier molecular flexibility index (Phi) is 3.37. The molecule has 1 atom stereocenters. The predicted molar refractivity (Wildman–Crippen MR) is 69.1 cm³/mol. The van der Waals surface area contributed by atoms with Crippen LogP contribution in [-0.4, -0.2) is 48.3 Å². The van der Waals surface area contributed by atoms with Crippen LogP contribution in [0.3, 0.4) is 0 Å². The van der Waals surface area contributed by atoms with Gasteiger partial charge >= 0.3 is 0 Å². The summed E-state index contributed by atoms with van der Waals surface area (Å²) in [4.78, 5) is 16.4. The first-order valence-corrected chi connectivity index (χ1v) is 7.22. The Balaban J connectivity index is 1.80. The molecule has 1 aromatic heterocycles. The van der Waals surface area contributed by atoms with Crippen LogP contribution in [-0.2, 0) is 17.6 Å². The molecule has 1 aliphatic heterocycles. The molecule has 1 amide bonds. The van der Waals surface area contributed by atoms with E-state index in [9.17, 15) is 9.90 Å². The highest BCUT2D eigenvalue weighted by Crippen LogP contribution is 2.31. The highest BCUT2D eigenvalue weighted by Gasteiger charge is 2.29. The van der Waals surface area contributed by atoms with Gasteiger partial charge in [0, 0.05) is 11.4 Å². The van der Waals surface area contributed by atoms with E-state index in [1.165, 1.54) is 16.9 Å². The molecule has 98 valence electrons. The van der Waals surface area contributed by atoms with Crippen molar-refractivity contribution >= 4 is 17.2 Å². The van der Waals surface area contributed by atoms with Crippen LogP contribution in [0.2, 0.25) is 0 Å². The molecule has 0 saturated carbocycles. The van der Waals surface area contributed by atoms with E-state index in [0.717, 1.165) is 17.7 Å². The molecule has 0 radical (unpaired) electrons. The number of rotatable bonds is 2. The van der Waals surface area contributed by atoms with E-state index in [-0.39, 0.29) is 18.6 Å². The second-order valence-corrected chi connectivity index (χ2v) is 5.96. The van der Waals surface area contributed by atoms with E-state index in [4.69, 9.17) is 4.74 Å². The van der Waals surface area contributed by atoms with Crippen LogP contribution in [0.4, 0.5) is 0 Å². The molecule has 2 heterocycles. The zero-order valence-electron chi connectivity index (χ0n) is 10.2. The molecule has 5 heteroatoms. The molecule has 0 spiro atoms. The molecule has 0 aromatic carbocycles. The molecular weight excluding hydrogens is 250 g/mol. The van der Waals surface area contributed by atoms with Crippen molar-refractivity contribution in [3.63, 3.8) is 0 Å². The minimum absolute atomic E-state index is 0.0309. The lowest BCUT2D eigenvalue weighted by Gasteiger charge is -2.34. The van der Waals surface area contributed by atoms with Gasteiger partial charge in [-0.2, -0.15) is 0 Å². The van der Waals surface area contributed by atoms with Gasteiger partial charge in [-0.3, -0.25) is 4.79 Å². The molecule has 1 aromatic rings. The monoisotopic (exact) mass is 267 g/mol. The summed E-state index contributed by atoms with van der Waals surface area (Å²) in [6.45, 7) is 1.55. The zero-order valence-corrected chi connectivity index (χ0v) is 11.0. The molecule has 1 aliphatic carbocycles. The van der Waals surface area contributed by atoms with E-state index < -0.39 is 0 Å². The number of morpholine rings is 1. The largest absolute Gasteiger partial charge is 0.394 e. The molecule has 0 bridgehead atoms. The molecule has 1 fully saturated rings. The van der Waals surface area contributed by atoms with Crippen LogP contribution >= 0.6 is 11.3 Å². The number of fused-ring (bicyclic) bond motifs is 1. The number of aliphatic hydroxyl groups excluding tert-OH is 1. The number of hydrogen-bond donors (Lipinski definition) is 1. The number of aryl methyl sites for hydroxylation is 2. The van der Waals surface area contributed by atoms with Crippen LogP contribution in [0.15, 0.2) is 6.07 Å². The third-order valence-electron chi connectivity index (χ3n) is 3.66. The van der Waals surface area contributed by atoms with Crippen molar-refractivity contribution in [2.75, 3.05) is 26.4 Å². The maximum atomic E-state index is 12.4. The Hall–Kier alpha value is -0.910. The van der Waals surface area contributed by atoms with E-state index in [0.29, 0.717) is 19.8 Å². The van der Waals surface area contributed by atoms with Crippen LogP contribution in [0.25, 0.3) is 0 Å². The van der Waals surface area contributed by atoms with Crippen LogP contribution < -0.4 is 0 Å². The van der Waals surface area contributed by atoms with E-state index >= 15 is 0 Å². The van der Waals surface area contributed by atoms with Gasteiger partial charge in [-0.15, -0.1) is 11.3 Å². The molecule has 3 rings (SSSR count). The van der Waals surface area contributed by atoms with Crippen LogP contribution in [0.1, 0.15) is 26.5 Å². The normalized spacial score (nSPS) is 23.2. The standard InChI is InChI=1S/C13H17NO3S/c15-7-10-8-17-5-4-14(10)13(16)12-6-9-2-1-3-11(9)18-12/h6,10,15H,1-5,7-8H2. The van der Waals surface area contributed by atoms with Gasteiger partial charge < -0.3 is 14.7 Å². The van der Waals surface area contributed by atoms with Crippen molar-refractivity contribution in [1.82, 2.24) is 4.90 Å². The number of nitrogens with zero attached hydrogens (tertiary/aromatic N) is 1. The zero-order chi connectivity index (χ0) is 12.5. The minimum atomic E-state index is -0.191. The molecule has 4 nitrogen and oxygen atoms in total. The lowest BCUT2D eigenvalue weighted by molar-refractivity contribution is -0.0181. The van der Waals surface area contributed by atoms with Crippen molar-refractivity contribution < 1.29 is 14.6 Å². The topological polar surface area (TPSA) is 49.8 Å². The SMILES string of the molecule is O=C(c1cc2c(s1)CCC2)N1CCOCC1CO. The molecular formula is C13H17NO3S. The Bertz CT molecular complexity index is 436. The van der Waals surface area contributed by atoms with Gasteiger partial charge in [-0.25, -0.2) is 0 Å².